The summed E-state index contributed by atoms with van der Waals surface area (Å²) in [6.45, 7) is 6.54. The van der Waals surface area contributed by atoms with Crippen LogP contribution in [0.1, 0.15) is 43.0 Å². The zero-order valence-corrected chi connectivity index (χ0v) is 15.9. The number of carbonyl (C=O) groups excluding carboxylic acids is 2. The molecule has 2 saturated heterocycles. The highest BCUT2D eigenvalue weighted by molar-refractivity contribution is 5.92. The maximum Gasteiger partial charge on any atom is 0.289 e. The summed E-state index contributed by atoms with van der Waals surface area (Å²) in [5, 5.41) is 9.65. The molecule has 3 heterocycles. The molecule has 0 unspecified atom stereocenters. The van der Waals surface area contributed by atoms with E-state index in [1.165, 1.54) is 0 Å². The van der Waals surface area contributed by atoms with Crippen LogP contribution in [0.5, 0.6) is 0 Å². The quantitative estimate of drug-likeness (QED) is 0.784. The zero-order valence-electron chi connectivity index (χ0n) is 15.9. The molecule has 3 rings (SSSR count). The van der Waals surface area contributed by atoms with E-state index in [0.717, 1.165) is 12.8 Å². The molecule has 2 aliphatic rings. The maximum absolute atomic E-state index is 12.7. The van der Waals surface area contributed by atoms with Crippen molar-refractivity contribution in [3.63, 3.8) is 0 Å². The molecule has 2 amide bonds. The first-order valence-electron chi connectivity index (χ1n) is 9.35. The number of morpholine rings is 1. The summed E-state index contributed by atoms with van der Waals surface area (Å²) < 4.78 is 10.8. The lowest BCUT2D eigenvalue weighted by molar-refractivity contribution is -0.141. The predicted octanol–water partition coefficient (Wildman–Crippen LogP) is 1.11. The van der Waals surface area contributed by atoms with Crippen LogP contribution >= 0.6 is 0 Å². The molecular weight excluding hydrogens is 348 g/mol. The molecule has 2 aliphatic heterocycles. The Bertz CT molecular complexity index is 746. The van der Waals surface area contributed by atoms with Crippen molar-refractivity contribution in [1.82, 2.24) is 9.80 Å². The molecule has 1 aromatic heterocycles. The summed E-state index contributed by atoms with van der Waals surface area (Å²) in [6, 6.07) is 3.20. The minimum Gasteiger partial charge on any atom is -0.443 e. The summed E-state index contributed by atoms with van der Waals surface area (Å²) in [4.78, 5) is 29.0. The maximum atomic E-state index is 12.7. The molecule has 0 aliphatic carbocycles. The second-order valence-electron chi connectivity index (χ2n) is 7.50. The normalized spacial score (nSPS) is 20.8. The van der Waals surface area contributed by atoms with Gasteiger partial charge in [-0.15, -0.1) is 0 Å². The van der Waals surface area contributed by atoms with Crippen LogP contribution in [0, 0.1) is 17.8 Å². The number of aliphatic hydroxyl groups is 1. The number of likely N-dealkylation sites (tertiary alicyclic amines) is 1. The zero-order chi connectivity index (χ0) is 19.4. The Morgan fingerprint density at radius 1 is 1.19 bits per heavy atom. The third-order valence-corrected chi connectivity index (χ3v) is 4.69. The number of hydrogen-bond acceptors (Lipinski definition) is 5. The van der Waals surface area contributed by atoms with Crippen LogP contribution in [0.2, 0.25) is 0 Å². The molecule has 7 heteroatoms. The predicted molar refractivity (Wildman–Crippen MR) is 97.9 cm³/mol. The van der Waals surface area contributed by atoms with Gasteiger partial charge in [0.2, 0.25) is 5.91 Å². The Hall–Kier alpha value is -2.30. The Balaban J connectivity index is 1.63. The number of ether oxygens (including phenoxy) is 1. The van der Waals surface area contributed by atoms with Gasteiger partial charge in [-0.05, 0) is 44.7 Å². The van der Waals surface area contributed by atoms with E-state index in [4.69, 9.17) is 9.15 Å². The second-order valence-corrected chi connectivity index (χ2v) is 7.50. The lowest BCUT2D eigenvalue weighted by Crippen LogP contribution is -2.49. The van der Waals surface area contributed by atoms with Gasteiger partial charge < -0.3 is 24.1 Å². The van der Waals surface area contributed by atoms with E-state index < -0.39 is 5.60 Å². The Morgan fingerprint density at radius 3 is 2.63 bits per heavy atom. The summed E-state index contributed by atoms with van der Waals surface area (Å²) >= 11 is 0. The fourth-order valence-electron chi connectivity index (χ4n) is 3.30. The first kappa shape index (κ1) is 19.5. The van der Waals surface area contributed by atoms with Crippen LogP contribution in [0.4, 0.5) is 0 Å². The van der Waals surface area contributed by atoms with Gasteiger partial charge in [0.25, 0.3) is 5.91 Å². The van der Waals surface area contributed by atoms with Gasteiger partial charge in [-0.3, -0.25) is 9.59 Å². The van der Waals surface area contributed by atoms with Crippen molar-refractivity contribution >= 4 is 11.8 Å². The molecule has 0 spiro atoms. The molecule has 146 valence electrons. The number of amides is 2. The molecule has 0 bridgehead atoms. The van der Waals surface area contributed by atoms with Crippen molar-refractivity contribution in [3.8, 4) is 11.8 Å². The number of hydrogen-bond donors (Lipinski definition) is 1. The monoisotopic (exact) mass is 374 g/mol. The summed E-state index contributed by atoms with van der Waals surface area (Å²) in [6.07, 6.45) is 1.58. The van der Waals surface area contributed by atoms with Crippen LogP contribution in [0.3, 0.4) is 0 Å². The molecule has 1 aromatic rings. The van der Waals surface area contributed by atoms with E-state index >= 15 is 0 Å². The molecule has 1 N–H and O–H groups in total. The van der Waals surface area contributed by atoms with E-state index in [-0.39, 0.29) is 23.5 Å². The highest BCUT2D eigenvalue weighted by atomic mass is 16.5. The van der Waals surface area contributed by atoms with Crippen LogP contribution in [-0.2, 0) is 9.53 Å². The molecule has 0 saturated carbocycles. The van der Waals surface area contributed by atoms with Crippen molar-refractivity contribution < 1.29 is 23.8 Å². The number of carbonyl (C=O) groups is 2. The van der Waals surface area contributed by atoms with Crippen molar-refractivity contribution in [1.29, 1.82) is 0 Å². The van der Waals surface area contributed by atoms with Gasteiger partial charge in [-0.25, -0.2) is 0 Å². The van der Waals surface area contributed by atoms with E-state index in [1.54, 1.807) is 30.9 Å². The van der Waals surface area contributed by atoms with Gasteiger partial charge in [0.15, 0.2) is 11.5 Å². The van der Waals surface area contributed by atoms with Gasteiger partial charge in [-0.2, -0.15) is 0 Å². The van der Waals surface area contributed by atoms with Crippen molar-refractivity contribution in [2.75, 3.05) is 39.4 Å². The number of furan rings is 1. The number of nitrogens with zero attached hydrogens (tertiary/aromatic N) is 2. The van der Waals surface area contributed by atoms with Gasteiger partial charge >= 0.3 is 0 Å². The van der Waals surface area contributed by atoms with Gasteiger partial charge in [0.05, 0.1) is 19.1 Å². The topological polar surface area (TPSA) is 83.2 Å². The second kappa shape index (κ2) is 8.15. The van der Waals surface area contributed by atoms with Crippen molar-refractivity contribution in [2.45, 2.75) is 32.3 Å². The van der Waals surface area contributed by atoms with Crippen LogP contribution < -0.4 is 0 Å². The Labute approximate surface area is 159 Å². The standard InChI is InChI=1S/C20H26N2O5/c1-20(2,25)8-7-16-5-6-17(27-16)19(24)22-9-3-4-15(14-22)18(23)21-10-12-26-13-11-21/h5-6,15,25H,3-4,9-14H2,1-2H3/t15-/m0/s1. The van der Waals surface area contributed by atoms with E-state index in [0.29, 0.717) is 45.2 Å². The van der Waals surface area contributed by atoms with Crippen LogP contribution in [0.25, 0.3) is 0 Å². The summed E-state index contributed by atoms with van der Waals surface area (Å²) in [5.41, 5.74) is -1.13. The lowest BCUT2D eigenvalue weighted by atomic mass is 9.96. The van der Waals surface area contributed by atoms with Crippen LogP contribution in [0.15, 0.2) is 16.5 Å². The Morgan fingerprint density at radius 2 is 1.93 bits per heavy atom. The van der Waals surface area contributed by atoms with Gasteiger partial charge in [-0.1, -0.05) is 5.92 Å². The smallest absolute Gasteiger partial charge is 0.289 e. The fraction of sp³-hybridized carbons (Fsp3) is 0.600. The molecular formula is C20H26N2O5. The van der Waals surface area contributed by atoms with Crippen molar-refractivity contribution in [3.05, 3.63) is 23.7 Å². The summed E-state index contributed by atoms with van der Waals surface area (Å²) in [7, 11) is 0. The average Bonchev–Trinajstić information content (AvgIpc) is 3.14. The molecule has 7 nitrogen and oxygen atoms in total. The molecule has 27 heavy (non-hydrogen) atoms. The molecule has 0 aromatic carbocycles. The molecule has 2 fully saturated rings. The van der Waals surface area contributed by atoms with Gasteiger partial charge in [0.1, 0.15) is 5.60 Å². The third kappa shape index (κ3) is 5.12. The SMILES string of the molecule is CC(C)(O)C#Cc1ccc(C(=O)N2CCC[C@H](C(=O)N3CCOCC3)C2)o1. The lowest BCUT2D eigenvalue weighted by Gasteiger charge is -2.35. The van der Waals surface area contributed by atoms with Crippen LogP contribution in [-0.4, -0.2) is 71.7 Å². The highest BCUT2D eigenvalue weighted by Crippen LogP contribution is 2.22. The molecule has 0 radical (unpaired) electrons. The third-order valence-electron chi connectivity index (χ3n) is 4.69. The first-order chi connectivity index (χ1) is 12.8. The van der Waals surface area contributed by atoms with E-state index in [2.05, 4.69) is 11.8 Å². The first-order valence-corrected chi connectivity index (χ1v) is 9.35. The highest BCUT2D eigenvalue weighted by Gasteiger charge is 2.32. The van der Waals surface area contributed by atoms with Crippen molar-refractivity contribution in [2.24, 2.45) is 5.92 Å². The molecule has 1 atom stereocenters. The minimum absolute atomic E-state index is 0.104. The number of rotatable bonds is 2. The van der Waals surface area contributed by atoms with E-state index in [1.807, 2.05) is 4.90 Å². The minimum atomic E-state index is -1.13. The van der Waals surface area contributed by atoms with E-state index in [9.17, 15) is 14.7 Å². The largest absolute Gasteiger partial charge is 0.443 e. The summed E-state index contributed by atoms with van der Waals surface area (Å²) in [5.74, 6) is 5.61. The van der Waals surface area contributed by atoms with Gasteiger partial charge in [0, 0.05) is 26.2 Å². The number of piperidine rings is 1. The average molecular weight is 374 g/mol. The fourth-order valence-corrected chi connectivity index (χ4v) is 3.30. The Kier molecular flexibility index (Phi) is 5.88.